The van der Waals surface area contributed by atoms with Gasteiger partial charge in [-0.3, -0.25) is 0 Å². The molecule has 10 nitrogen and oxygen atoms in total. The Kier molecular flexibility index (Phi) is 1560. The maximum atomic E-state index is 8.25. The van der Waals surface area contributed by atoms with E-state index in [1.165, 1.54) is 0 Å². The second-order valence-corrected chi connectivity index (χ2v) is 0.224. The zero-order valence-electron chi connectivity index (χ0n) is 5.01. The smallest absolute Gasteiger partial charge is 0.412 e. The van der Waals surface area contributed by atoms with Crippen LogP contribution in [0.4, 0.5) is 0 Å². The molecule has 0 saturated heterocycles. The van der Waals surface area contributed by atoms with Crippen molar-refractivity contribution in [3.63, 3.8) is 0 Å². The van der Waals surface area contributed by atoms with E-state index < -0.39 is 5.09 Å². The van der Waals surface area contributed by atoms with Crippen LogP contribution in [0.2, 0.25) is 0 Å². The van der Waals surface area contributed by atoms with Gasteiger partial charge in [0.1, 0.15) is 0 Å². The van der Waals surface area contributed by atoms with E-state index in [1.807, 2.05) is 0 Å². The first-order valence-electron chi connectivity index (χ1n) is 0.548. The standard InChI is InChI=1S/Co.NO3.6H2O/c;2-1(3)4;;;;;;/h;;6*1H2/q+3;-1;;;;;;. The van der Waals surface area contributed by atoms with Gasteiger partial charge in [-0.15, -0.1) is 0 Å². The predicted octanol–water partition coefficient (Wildman–Crippen LogP) is -5.19. The van der Waals surface area contributed by atoms with Crippen molar-refractivity contribution in [1.82, 2.24) is 0 Å². The van der Waals surface area contributed by atoms with Gasteiger partial charge < -0.3 is 48.2 Å². The first kappa shape index (κ1) is 154. The van der Waals surface area contributed by atoms with Crippen LogP contribution >= 0.6 is 0 Å². The summed E-state index contributed by atoms with van der Waals surface area (Å²) in [5, 5.41) is 14.8. The molecule has 0 aromatic heterocycles. The summed E-state index contributed by atoms with van der Waals surface area (Å²) < 4.78 is 0. The summed E-state index contributed by atoms with van der Waals surface area (Å²) in [6.45, 7) is 0. The van der Waals surface area contributed by atoms with Gasteiger partial charge in [0.05, 0.1) is 5.09 Å². The molecular formula is H12CoNO9+2. The van der Waals surface area contributed by atoms with Crippen LogP contribution < -0.4 is 0 Å². The van der Waals surface area contributed by atoms with Gasteiger partial charge in [0.25, 0.3) is 0 Å². The maximum Gasteiger partial charge on any atom is 3.00 e. The summed E-state index contributed by atoms with van der Waals surface area (Å²) in [5.74, 6) is 0. The summed E-state index contributed by atoms with van der Waals surface area (Å²) in [7, 11) is 0. The largest absolute Gasteiger partial charge is 3.00 e. The molecule has 11 heavy (non-hydrogen) atoms. The topological polar surface area (TPSA) is 255 Å². The van der Waals surface area contributed by atoms with Crippen LogP contribution in [-0.4, -0.2) is 37.9 Å². The fourth-order valence-corrected chi connectivity index (χ4v) is 0. The van der Waals surface area contributed by atoms with Gasteiger partial charge >= 0.3 is 16.8 Å². The molecule has 0 rings (SSSR count). The Bertz CT molecular complexity index is 32.5. The van der Waals surface area contributed by atoms with Gasteiger partial charge in [-0.05, 0) is 0 Å². The van der Waals surface area contributed by atoms with Crippen molar-refractivity contribution in [1.29, 1.82) is 0 Å². The second-order valence-electron chi connectivity index (χ2n) is 0.224. The number of rotatable bonds is 0. The van der Waals surface area contributed by atoms with Gasteiger partial charge in [-0.25, -0.2) is 0 Å². The van der Waals surface area contributed by atoms with Crippen molar-refractivity contribution in [2.24, 2.45) is 0 Å². The molecule has 0 spiro atoms. The molecule has 0 radical (unpaired) electrons. The van der Waals surface area contributed by atoms with Crippen molar-refractivity contribution in [3.05, 3.63) is 15.3 Å². The molecule has 0 unspecified atom stereocenters. The van der Waals surface area contributed by atoms with Crippen LogP contribution in [0.25, 0.3) is 0 Å². The van der Waals surface area contributed by atoms with E-state index in [-0.39, 0.29) is 49.6 Å². The van der Waals surface area contributed by atoms with Gasteiger partial charge in [-0.2, -0.15) is 0 Å². The molecule has 0 aliphatic heterocycles. The van der Waals surface area contributed by atoms with Gasteiger partial charge in [0, 0.05) is 0 Å². The predicted molar refractivity (Wildman–Crippen MR) is 32.0 cm³/mol. The van der Waals surface area contributed by atoms with Gasteiger partial charge in [0.15, 0.2) is 0 Å². The van der Waals surface area contributed by atoms with Gasteiger partial charge in [0.2, 0.25) is 0 Å². The molecule has 12 N–H and O–H groups in total. The summed E-state index contributed by atoms with van der Waals surface area (Å²) in [6, 6.07) is 0. The number of hydrogen-bond acceptors (Lipinski definition) is 3. The zero-order valence-corrected chi connectivity index (χ0v) is 6.05. The van der Waals surface area contributed by atoms with Crippen LogP contribution in [0.5, 0.6) is 0 Å². The second kappa shape index (κ2) is 112. The fourth-order valence-electron chi connectivity index (χ4n) is 0. The first-order valence-corrected chi connectivity index (χ1v) is 0.548. The molecule has 0 amide bonds. The minimum atomic E-state index is -1.75. The number of nitrogens with zero attached hydrogens (tertiary/aromatic N) is 1. The zero-order chi connectivity index (χ0) is 3.58. The SMILES string of the molecule is O.O.O.O.O.O.O=[N+]([O-])[O-].[Co+3]. The Labute approximate surface area is 71.0 Å². The van der Waals surface area contributed by atoms with Crippen molar-refractivity contribution < 1.29 is 54.7 Å². The van der Waals surface area contributed by atoms with Crippen LogP contribution in [0, 0.1) is 15.3 Å². The molecule has 11 heteroatoms. The van der Waals surface area contributed by atoms with E-state index in [0.29, 0.717) is 0 Å². The molecule has 0 aromatic rings. The van der Waals surface area contributed by atoms with Crippen molar-refractivity contribution in [2.45, 2.75) is 0 Å². The van der Waals surface area contributed by atoms with E-state index in [1.54, 1.807) is 0 Å². The molecule has 0 aliphatic carbocycles. The van der Waals surface area contributed by atoms with Crippen molar-refractivity contribution >= 4 is 0 Å². The third-order valence-corrected chi connectivity index (χ3v) is 0. The third-order valence-electron chi connectivity index (χ3n) is 0. The molecule has 0 heterocycles. The minimum Gasteiger partial charge on any atom is -0.412 e. The van der Waals surface area contributed by atoms with Crippen LogP contribution in [-0.2, 0) is 16.8 Å². The summed E-state index contributed by atoms with van der Waals surface area (Å²) >= 11 is 0. The van der Waals surface area contributed by atoms with Crippen molar-refractivity contribution in [2.75, 3.05) is 0 Å². The maximum absolute atomic E-state index is 8.25. The minimum absolute atomic E-state index is 0. The molecular weight excluding hydrogens is 217 g/mol. The van der Waals surface area contributed by atoms with E-state index in [0.717, 1.165) is 0 Å². The Morgan fingerprint density at radius 3 is 0.727 bits per heavy atom. The fraction of sp³-hybridized carbons (Fsp3) is 0. The quantitative estimate of drug-likeness (QED) is 0.291. The van der Waals surface area contributed by atoms with Gasteiger partial charge in [-0.1, -0.05) is 0 Å². The van der Waals surface area contributed by atoms with Crippen LogP contribution in [0.1, 0.15) is 0 Å². The molecule has 0 atom stereocenters. The molecule has 0 saturated carbocycles. The molecule has 78 valence electrons. The number of hydrogen-bond donors (Lipinski definition) is 0. The van der Waals surface area contributed by atoms with Crippen LogP contribution in [0.15, 0.2) is 0 Å². The van der Waals surface area contributed by atoms with E-state index in [4.69, 9.17) is 15.3 Å². The van der Waals surface area contributed by atoms with Crippen molar-refractivity contribution in [3.8, 4) is 0 Å². The molecule has 0 fully saturated rings. The Hall–Kier alpha value is -0.534. The molecule has 0 aromatic carbocycles. The molecule has 0 aliphatic rings. The summed E-state index contributed by atoms with van der Waals surface area (Å²) in [4.78, 5) is 8.25. The normalized spacial score (nSPS) is 2.18. The van der Waals surface area contributed by atoms with E-state index >= 15 is 0 Å². The average Bonchev–Trinajstić information content (AvgIpc) is 0.811. The average molecular weight is 229 g/mol. The summed E-state index contributed by atoms with van der Waals surface area (Å²) in [5.41, 5.74) is 0. The monoisotopic (exact) mass is 229 g/mol. The third kappa shape index (κ3) is 1850. The van der Waals surface area contributed by atoms with E-state index in [2.05, 4.69) is 0 Å². The Morgan fingerprint density at radius 1 is 0.727 bits per heavy atom. The Morgan fingerprint density at radius 2 is 0.727 bits per heavy atom. The Balaban J connectivity index is -0.00000000214. The molecule has 0 bridgehead atoms. The first-order chi connectivity index (χ1) is 1.73. The van der Waals surface area contributed by atoms with E-state index in [9.17, 15) is 0 Å². The van der Waals surface area contributed by atoms with Crippen LogP contribution in [0.3, 0.4) is 0 Å². The summed E-state index contributed by atoms with van der Waals surface area (Å²) in [6.07, 6.45) is 0.